The van der Waals surface area contributed by atoms with Crippen LogP contribution in [0.2, 0.25) is 0 Å². The van der Waals surface area contributed by atoms with Gasteiger partial charge in [-0.2, -0.15) is 0 Å². The average molecular weight is 544 g/mol. The lowest BCUT2D eigenvalue weighted by Gasteiger charge is -2.42. The smallest absolute Gasteiger partial charge is 0.135 e. The minimum Gasteiger partial charge on any atom is -0.492 e. The van der Waals surface area contributed by atoms with E-state index >= 15 is 8.78 Å². The quantitative estimate of drug-likeness (QED) is 0.240. The van der Waals surface area contributed by atoms with Gasteiger partial charge in [0.05, 0.1) is 6.04 Å². The van der Waals surface area contributed by atoms with E-state index in [0.29, 0.717) is 13.2 Å². The van der Waals surface area contributed by atoms with Gasteiger partial charge in [0.1, 0.15) is 24.0 Å². The summed E-state index contributed by atoms with van der Waals surface area (Å²) in [6.45, 7) is 10.6. The van der Waals surface area contributed by atoms with E-state index in [0.717, 1.165) is 54.1 Å². The van der Waals surface area contributed by atoms with Crippen LogP contribution in [0.3, 0.4) is 0 Å². The summed E-state index contributed by atoms with van der Waals surface area (Å²) in [5.74, 6) is 0.0714. The van der Waals surface area contributed by atoms with Crippen LogP contribution in [0.25, 0.3) is 10.9 Å². The van der Waals surface area contributed by atoms with Gasteiger partial charge in [0.15, 0.2) is 0 Å². The zero-order chi connectivity index (χ0) is 27.8. The predicted octanol–water partition coefficient (Wildman–Crippen LogP) is 7.31. The molecule has 40 heavy (non-hydrogen) atoms. The number of benzene rings is 3. The summed E-state index contributed by atoms with van der Waals surface area (Å²) in [5, 5.41) is 1.13. The van der Waals surface area contributed by atoms with Crippen molar-refractivity contribution in [3.05, 3.63) is 101 Å². The Balaban J connectivity index is 1.32. The van der Waals surface area contributed by atoms with Crippen LogP contribution < -0.4 is 4.74 Å². The van der Waals surface area contributed by atoms with Gasteiger partial charge in [-0.25, -0.2) is 8.78 Å². The standard InChI is InChI=1S/C34H39F2N3O/c1-4-24-20-38(21-24)14-15-40-26-17-29(35)32(30(36)18-26)34-33-28(27-12-8-9-13-31(27)37-33)16-23(3)39(34)19-22(2)25-10-6-5-7-11-25/h5-13,17-18,22-24,34,37H,4,14-16,19-21H2,1-3H3/t22-,23-,34-/m1/s1. The van der Waals surface area contributed by atoms with Crippen LogP contribution in [0.5, 0.6) is 5.75 Å². The van der Waals surface area contributed by atoms with Crippen LogP contribution in [0.1, 0.15) is 61.5 Å². The maximum absolute atomic E-state index is 16.0. The molecule has 0 unspecified atom stereocenters. The van der Waals surface area contributed by atoms with Gasteiger partial charge in [0, 0.05) is 66.5 Å². The first-order valence-electron chi connectivity index (χ1n) is 14.7. The van der Waals surface area contributed by atoms with Crippen molar-refractivity contribution in [1.29, 1.82) is 0 Å². The van der Waals surface area contributed by atoms with Gasteiger partial charge >= 0.3 is 0 Å². The van der Waals surface area contributed by atoms with Crippen molar-refractivity contribution in [2.24, 2.45) is 5.92 Å². The Morgan fingerprint density at radius 3 is 2.42 bits per heavy atom. The summed E-state index contributed by atoms with van der Waals surface area (Å²) in [4.78, 5) is 8.14. The molecular weight excluding hydrogens is 504 g/mol. The third-order valence-corrected chi connectivity index (χ3v) is 8.98. The third-order valence-electron chi connectivity index (χ3n) is 8.98. The Bertz CT molecular complexity index is 1440. The number of H-pyrrole nitrogens is 1. The minimum absolute atomic E-state index is 0.0838. The fourth-order valence-electron chi connectivity index (χ4n) is 6.62. The molecule has 0 radical (unpaired) electrons. The molecule has 6 heteroatoms. The maximum Gasteiger partial charge on any atom is 0.135 e. The largest absolute Gasteiger partial charge is 0.492 e. The normalized spacial score (nSPS) is 20.8. The lowest BCUT2D eigenvalue weighted by molar-refractivity contribution is 0.0804. The number of rotatable bonds is 9. The number of hydrogen-bond acceptors (Lipinski definition) is 3. The molecule has 3 aromatic carbocycles. The molecule has 4 aromatic rings. The average Bonchev–Trinajstić information content (AvgIpc) is 3.29. The van der Waals surface area contributed by atoms with Crippen molar-refractivity contribution in [2.75, 3.05) is 32.8 Å². The molecule has 1 N–H and O–H groups in total. The molecule has 1 saturated heterocycles. The Labute approximate surface area is 235 Å². The first-order chi connectivity index (χ1) is 19.4. The SMILES string of the molecule is CCC1CN(CCOc2cc(F)c([C@@H]3c4[nH]c5ccccc5c4C[C@@H](C)N3C[C@@H](C)c3ccccc3)c(F)c2)C1. The number of ether oxygens (including phenoxy) is 1. The molecule has 0 amide bonds. The number of halogens is 2. The maximum atomic E-state index is 16.0. The molecule has 0 spiro atoms. The second-order valence-corrected chi connectivity index (χ2v) is 11.7. The third kappa shape index (κ3) is 5.15. The van der Waals surface area contributed by atoms with Crippen molar-refractivity contribution >= 4 is 10.9 Å². The van der Waals surface area contributed by atoms with Gasteiger partial charge in [0.2, 0.25) is 0 Å². The molecule has 6 rings (SSSR count). The number of aromatic nitrogens is 1. The van der Waals surface area contributed by atoms with Gasteiger partial charge in [0.25, 0.3) is 0 Å². The zero-order valence-electron chi connectivity index (χ0n) is 23.7. The summed E-state index contributed by atoms with van der Waals surface area (Å²) >= 11 is 0. The van der Waals surface area contributed by atoms with Gasteiger partial charge in [-0.05, 0) is 42.4 Å². The van der Waals surface area contributed by atoms with Crippen LogP contribution >= 0.6 is 0 Å². The number of nitrogens with one attached hydrogen (secondary N) is 1. The van der Waals surface area contributed by atoms with Gasteiger partial charge in [-0.15, -0.1) is 0 Å². The molecular formula is C34H39F2N3O. The van der Waals surface area contributed by atoms with Gasteiger partial charge in [-0.3, -0.25) is 9.80 Å². The van der Waals surface area contributed by atoms with E-state index in [1.807, 2.05) is 36.4 Å². The Kier molecular flexibility index (Phi) is 7.65. The number of para-hydroxylation sites is 1. The van der Waals surface area contributed by atoms with Crippen LogP contribution in [-0.4, -0.2) is 53.6 Å². The first-order valence-corrected chi connectivity index (χ1v) is 14.7. The predicted molar refractivity (Wildman–Crippen MR) is 157 cm³/mol. The van der Waals surface area contributed by atoms with Crippen molar-refractivity contribution < 1.29 is 13.5 Å². The zero-order valence-corrected chi connectivity index (χ0v) is 23.7. The fourth-order valence-corrected chi connectivity index (χ4v) is 6.62. The highest BCUT2D eigenvalue weighted by Gasteiger charge is 2.39. The van der Waals surface area contributed by atoms with Crippen LogP contribution in [-0.2, 0) is 6.42 Å². The fraction of sp³-hybridized carbons (Fsp3) is 0.412. The summed E-state index contributed by atoms with van der Waals surface area (Å²) in [7, 11) is 0. The second kappa shape index (κ2) is 11.3. The van der Waals surface area contributed by atoms with Gasteiger partial charge in [-0.1, -0.05) is 68.8 Å². The van der Waals surface area contributed by atoms with Crippen molar-refractivity contribution in [3.8, 4) is 5.75 Å². The molecule has 2 aliphatic rings. The lowest BCUT2D eigenvalue weighted by Crippen LogP contribution is -2.47. The molecule has 4 nitrogen and oxygen atoms in total. The van der Waals surface area contributed by atoms with E-state index in [9.17, 15) is 0 Å². The number of likely N-dealkylation sites (tertiary alicyclic amines) is 1. The number of fused-ring (bicyclic) bond motifs is 3. The topological polar surface area (TPSA) is 31.5 Å². The van der Waals surface area contributed by atoms with Crippen molar-refractivity contribution in [2.45, 2.75) is 51.6 Å². The Morgan fingerprint density at radius 2 is 1.70 bits per heavy atom. The molecule has 1 fully saturated rings. The molecule has 3 atom stereocenters. The molecule has 2 aliphatic heterocycles. The Hall–Kier alpha value is -3.22. The highest BCUT2D eigenvalue weighted by atomic mass is 19.1. The number of hydrogen-bond donors (Lipinski definition) is 1. The van der Waals surface area contributed by atoms with Crippen LogP contribution in [0, 0.1) is 17.6 Å². The minimum atomic E-state index is -0.571. The van der Waals surface area contributed by atoms with Crippen LogP contribution in [0.15, 0.2) is 66.7 Å². The van der Waals surface area contributed by atoms with Crippen LogP contribution in [0.4, 0.5) is 8.78 Å². The molecule has 3 heterocycles. The van der Waals surface area contributed by atoms with E-state index in [2.05, 4.69) is 53.8 Å². The summed E-state index contributed by atoms with van der Waals surface area (Å²) < 4.78 is 37.8. The van der Waals surface area contributed by atoms with E-state index in [4.69, 9.17) is 4.74 Å². The summed E-state index contributed by atoms with van der Waals surface area (Å²) in [6, 6.07) is 20.8. The van der Waals surface area contributed by atoms with E-state index in [1.165, 1.54) is 24.1 Å². The van der Waals surface area contributed by atoms with Gasteiger partial charge < -0.3 is 9.72 Å². The highest BCUT2D eigenvalue weighted by molar-refractivity contribution is 5.85. The molecule has 210 valence electrons. The Morgan fingerprint density at radius 1 is 1.00 bits per heavy atom. The number of nitrogens with zero attached hydrogens (tertiary/aromatic N) is 2. The lowest BCUT2D eigenvalue weighted by atomic mass is 9.86. The molecule has 0 aliphatic carbocycles. The van der Waals surface area contributed by atoms with E-state index in [1.54, 1.807) is 0 Å². The van der Waals surface area contributed by atoms with E-state index in [-0.39, 0.29) is 23.3 Å². The monoisotopic (exact) mass is 543 g/mol. The first kappa shape index (κ1) is 27.0. The second-order valence-electron chi connectivity index (χ2n) is 11.7. The summed E-state index contributed by atoms with van der Waals surface area (Å²) in [6.07, 6.45) is 2.01. The molecule has 0 saturated carbocycles. The number of aromatic amines is 1. The molecule has 0 bridgehead atoms. The highest BCUT2D eigenvalue weighted by Crippen LogP contribution is 2.43. The van der Waals surface area contributed by atoms with Crippen molar-refractivity contribution in [3.63, 3.8) is 0 Å². The van der Waals surface area contributed by atoms with E-state index < -0.39 is 17.7 Å². The van der Waals surface area contributed by atoms with Crippen molar-refractivity contribution in [1.82, 2.24) is 14.8 Å². The molecule has 1 aromatic heterocycles. The summed E-state index contributed by atoms with van der Waals surface area (Å²) in [5.41, 5.74) is 4.33.